The first-order valence-electron chi connectivity index (χ1n) is 5.46. The first-order valence-corrected chi connectivity index (χ1v) is 5.46. The highest BCUT2D eigenvalue weighted by atomic mass is 16.3. The smallest absolute Gasteiger partial charge is 0.154 e. The van der Waals surface area contributed by atoms with Crippen LogP contribution in [0.1, 0.15) is 16.7 Å². The van der Waals surface area contributed by atoms with Gasteiger partial charge in [0.15, 0.2) is 7.85 Å². The van der Waals surface area contributed by atoms with Crippen molar-refractivity contribution >= 4 is 7.85 Å². The second kappa shape index (κ2) is 4.15. The Morgan fingerprint density at radius 1 is 0.875 bits per heavy atom. The predicted octanol–water partition coefficient (Wildman–Crippen LogP) is 1.82. The van der Waals surface area contributed by atoms with Gasteiger partial charge in [-0.1, -0.05) is 60.2 Å². The fourth-order valence-electron chi connectivity index (χ4n) is 1.81. The van der Waals surface area contributed by atoms with Crippen LogP contribution in [0.5, 0.6) is 0 Å². The molecule has 0 aromatic heterocycles. The average Bonchev–Trinajstić information content (AvgIpc) is 2.31. The van der Waals surface area contributed by atoms with E-state index in [1.807, 2.05) is 69.4 Å². The highest BCUT2D eigenvalue weighted by molar-refractivity contribution is 6.16. The number of hydrogen-bond donors (Lipinski definition) is 1. The van der Waals surface area contributed by atoms with Gasteiger partial charge < -0.3 is 5.11 Å². The summed E-state index contributed by atoms with van der Waals surface area (Å²) in [6.45, 7) is 2.04. The molecule has 0 saturated carbocycles. The number of hydrogen-bond acceptors (Lipinski definition) is 1. The summed E-state index contributed by atoms with van der Waals surface area (Å²) in [5.41, 5.74) is 2.12. The Morgan fingerprint density at radius 2 is 1.38 bits per heavy atom. The van der Waals surface area contributed by atoms with Crippen LogP contribution < -0.4 is 0 Å². The van der Waals surface area contributed by atoms with E-state index in [1.165, 1.54) is 5.56 Å². The molecule has 0 aliphatic rings. The number of aryl methyl sites for hydroxylation is 1. The largest absolute Gasteiger partial charge is 0.390 e. The van der Waals surface area contributed by atoms with Crippen molar-refractivity contribution in [2.45, 2.75) is 12.4 Å². The van der Waals surface area contributed by atoms with Crippen molar-refractivity contribution in [3.63, 3.8) is 0 Å². The van der Waals surface area contributed by atoms with Crippen LogP contribution in [0.15, 0.2) is 54.6 Å². The molecule has 0 bridgehead atoms. The van der Waals surface area contributed by atoms with Crippen molar-refractivity contribution in [2.24, 2.45) is 0 Å². The molecule has 1 N–H and O–H groups in total. The Morgan fingerprint density at radius 3 is 1.94 bits per heavy atom. The fraction of sp³-hybridized carbons (Fsp3) is 0.143. The van der Waals surface area contributed by atoms with E-state index < -0.39 is 5.50 Å². The Bertz CT molecular complexity index is 460. The van der Waals surface area contributed by atoms with Gasteiger partial charge >= 0.3 is 0 Å². The fourth-order valence-corrected chi connectivity index (χ4v) is 1.81. The summed E-state index contributed by atoms with van der Waals surface area (Å²) in [6.07, 6.45) is 0. The number of benzene rings is 2. The van der Waals surface area contributed by atoms with E-state index in [-0.39, 0.29) is 0 Å². The molecule has 0 radical (unpaired) electrons. The lowest BCUT2D eigenvalue weighted by atomic mass is 9.71. The van der Waals surface area contributed by atoms with Gasteiger partial charge in [0.05, 0.1) is 5.50 Å². The van der Waals surface area contributed by atoms with Crippen LogP contribution in [-0.2, 0) is 5.50 Å². The van der Waals surface area contributed by atoms with Crippen molar-refractivity contribution in [1.29, 1.82) is 0 Å². The summed E-state index contributed by atoms with van der Waals surface area (Å²) >= 11 is 0. The van der Waals surface area contributed by atoms with E-state index in [0.29, 0.717) is 0 Å². The Balaban J connectivity index is 2.43. The molecular weight excluding hydrogens is 195 g/mol. The molecule has 0 saturated heterocycles. The Kier molecular flexibility index (Phi) is 2.84. The zero-order valence-electron chi connectivity index (χ0n) is 9.64. The molecule has 80 valence electrons. The van der Waals surface area contributed by atoms with E-state index in [2.05, 4.69) is 0 Å². The van der Waals surface area contributed by atoms with Crippen LogP contribution in [0.3, 0.4) is 0 Å². The number of rotatable bonds is 2. The van der Waals surface area contributed by atoms with E-state index in [4.69, 9.17) is 0 Å². The summed E-state index contributed by atoms with van der Waals surface area (Å²) < 4.78 is 0. The summed E-state index contributed by atoms with van der Waals surface area (Å²) in [4.78, 5) is 0. The zero-order chi connectivity index (χ0) is 11.6. The minimum atomic E-state index is -0.922. The van der Waals surface area contributed by atoms with Crippen LogP contribution in [0.4, 0.5) is 0 Å². The highest BCUT2D eigenvalue weighted by Gasteiger charge is 2.24. The van der Waals surface area contributed by atoms with E-state index in [1.54, 1.807) is 0 Å². The quantitative estimate of drug-likeness (QED) is 0.749. The number of aliphatic hydroxyl groups is 1. The maximum atomic E-state index is 10.5. The first-order chi connectivity index (χ1) is 7.60. The van der Waals surface area contributed by atoms with E-state index in [9.17, 15) is 5.11 Å². The third-order valence-electron chi connectivity index (χ3n) is 2.95. The van der Waals surface area contributed by atoms with Crippen molar-refractivity contribution < 1.29 is 5.11 Å². The van der Waals surface area contributed by atoms with E-state index in [0.717, 1.165) is 11.1 Å². The molecule has 0 aliphatic heterocycles. The lowest BCUT2D eigenvalue weighted by Crippen LogP contribution is -2.27. The first kappa shape index (κ1) is 11.0. The molecule has 0 aliphatic carbocycles. The van der Waals surface area contributed by atoms with Gasteiger partial charge in [-0.25, -0.2) is 0 Å². The van der Waals surface area contributed by atoms with Gasteiger partial charge in [0.25, 0.3) is 0 Å². The second-order valence-electron chi connectivity index (χ2n) is 4.30. The van der Waals surface area contributed by atoms with Crippen LogP contribution in [0, 0.1) is 6.92 Å². The predicted molar refractivity (Wildman–Crippen MR) is 69.2 cm³/mol. The molecule has 1 nitrogen and oxygen atoms in total. The van der Waals surface area contributed by atoms with Gasteiger partial charge in [0, 0.05) is 0 Å². The maximum absolute atomic E-state index is 10.5. The lowest BCUT2D eigenvalue weighted by Gasteiger charge is -2.24. The summed E-state index contributed by atoms with van der Waals surface area (Å²) in [7, 11) is 1.83. The standard InChI is InChI=1S/C14H15BO/c1-11-7-9-13(10-8-11)14(15,16)12-5-3-2-4-6-12/h2-10,16H,15H2,1H3. The molecule has 1 atom stereocenters. The van der Waals surface area contributed by atoms with Gasteiger partial charge in [-0.2, -0.15) is 0 Å². The van der Waals surface area contributed by atoms with Crippen LogP contribution in [0.25, 0.3) is 0 Å². The maximum Gasteiger partial charge on any atom is 0.154 e. The summed E-state index contributed by atoms with van der Waals surface area (Å²) in [6, 6.07) is 17.7. The van der Waals surface area contributed by atoms with Crippen LogP contribution >= 0.6 is 0 Å². The highest BCUT2D eigenvalue weighted by Crippen LogP contribution is 2.25. The average molecular weight is 210 g/mol. The van der Waals surface area contributed by atoms with Crippen LogP contribution in [0.2, 0.25) is 0 Å². The van der Waals surface area contributed by atoms with Crippen molar-refractivity contribution in [3.05, 3.63) is 71.3 Å². The van der Waals surface area contributed by atoms with Crippen molar-refractivity contribution in [3.8, 4) is 0 Å². The van der Waals surface area contributed by atoms with E-state index >= 15 is 0 Å². The van der Waals surface area contributed by atoms with Gasteiger partial charge in [-0.3, -0.25) is 0 Å². The monoisotopic (exact) mass is 210 g/mol. The van der Waals surface area contributed by atoms with Gasteiger partial charge in [0.2, 0.25) is 0 Å². The molecule has 1 unspecified atom stereocenters. The topological polar surface area (TPSA) is 20.2 Å². The Labute approximate surface area is 97.2 Å². The van der Waals surface area contributed by atoms with Gasteiger partial charge in [-0.05, 0) is 18.1 Å². The SMILES string of the molecule is BC(O)(c1ccccc1)c1ccc(C)cc1. The molecular formula is C14H15BO. The molecule has 2 aromatic carbocycles. The summed E-state index contributed by atoms with van der Waals surface area (Å²) in [5.74, 6) is 0. The van der Waals surface area contributed by atoms with Crippen molar-refractivity contribution in [2.75, 3.05) is 0 Å². The minimum Gasteiger partial charge on any atom is -0.390 e. The molecule has 2 heteroatoms. The summed E-state index contributed by atoms with van der Waals surface area (Å²) in [5, 5.41) is 10.5. The molecule has 0 heterocycles. The third-order valence-corrected chi connectivity index (χ3v) is 2.95. The molecule has 0 spiro atoms. The molecule has 16 heavy (non-hydrogen) atoms. The lowest BCUT2D eigenvalue weighted by molar-refractivity contribution is 0.172. The van der Waals surface area contributed by atoms with Gasteiger partial charge in [0.1, 0.15) is 0 Å². The molecule has 0 fully saturated rings. The molecule has 0 amide bonds. The van der Waals surface area contributed by atoms with Gasteiger partial charge in [-0.15, -0.1) is 0 Å². The second-order valence-corrected chi connectivity index (χ2v) is 4.30. The van der Waals surface area contributed by atoms with Crippen molar-refractivity contribution in [1.82, 2.24) is 0 Å². The Hall–Kier alpha value is -1.54. The molecule has 2 rings (SSSR count). The zero-order valence-corrected chi connectivity index (χ0v) is 9.64. The normalized spacial score (nSPS) is 14.4. The molecule has 2 aromatic rings. The van der Waals surface area contributed by atoms with Crippen LogP contribution in [-0.4, -0.2) is 13.0 Å². The third kappa shape index (κ3) is 2.02. The minimum absolute atomic E-state index is 0.916.